The van der Waals surface area contributed by atoms with Crippen molar-refractivity contribution < 1.29 is 14.4 Å². The third kappa shape index (κ3) is 3.38. The number of hydrogen-bond donors (Lipinski definition) is 3. The second-order valence-corrected chi connectivity index (χ2v) is 7.31. The van der Waals surface area contributed by atoms with Crippen molar-refractivity contribution >= 4 is 17.7 Å². The molecule has 8 heteroatoms. The molecule has 1 saturated carbocycles. The topological polar surface area (TPSA) is 107 Å². The molecule has 0 radical (unpaired) electrons. The van der Waals surface area contributed by atoms with Crippen molar-refractivity contribution in [3.63, 3.8) is 0 Å². The molecule has 1 aromatic heterocycles. The van der Waals surface area contributed by atoms with E-state index in [1.165, 1.54) is 0 Å². The van der Waals surface area contributed by atoms with Gasteiger partial charge in [0.15, 0.2) is 0 Å². The standard InChI is InChI=1S/C17H23N5O3/c23-14(2-1-10-6-19-20-7-10)21-16-12-8-22(9-13(12)16)17(25)11-3-4-18-15(24)5-11/h6-7,11-13,16H,1-5,8-9H2,(H,18,24)(H,19,20)(H,21,23)/t11?,12-,13+,16?. The third-order valence-corrected chi connectivity index (χ3v) is 5.62. The highest BCUT2D eigenvalue weighted by Gasteiger charge is 2.57. The van der Waals surface area contributed by atoms with Gasteiger partial charge in [-0.1, -0.05) is 0 Å². The van der Waals surface area contributed by atoms with Crippen LogP contribution < -0.4 is 10.6 Å². The van der Waals surface area contributed by atoms with Gasteiger partial charge in [-0.15, -0.1) is 0 Å². The summed E-state index contributed by atoms with van der Waals surface area (Å²) in [6.45, 7) is 1.99. The summed E-state index contributed by atoms with van der Waals surface area (Å²) in [4.78, 5) is 37.9. The predicted molar refractivity (Wildman–Crippen MR) is 88.1 cm³/mol. The molecule has 2 saturated heterocycles. The van der Waals surface area contributed by atoms with E-state index in [1.807, 2.05) is 4.90 Å². The Morgan fingerprint density at radius 3 is 2.80 bits per heavy atom. The zero-order chi connectivity index (χ0) is 17.4. The van der Waals surface area contributed by atoms with Crippen molar-refractivity contribution in [2.24, 2.45) is 17.8 Å². The number of rotatable bonds is 5. The molecule has 3 aliphatic rings. The number of hydrogen-bond acceptors (Lipinski definition) is 4. The Kier molecular flexibility index (Phi) is 4.19. The summed E-state index contributed by atoms with van der Waals surface area (Å²) in [6, 6.07) is 0.204. The molecule has 2 aliphatic heterocycles. The van der Waals surface area contributed by atoms with E-state index in [0.29, 0.717) is 50.7 Å². The van der Waals surface area contributed by atoms with Crippen molar-refractivity contribution in [2.45, 2.75) is 31.7 Å². The van der Waals surface area contributed by atoms with Crippen LogP contribution in [0, 0.1) is 17.8 Å². The van der Waals surface area contributed by atoms with Crippen LogP contribution in [0.4, 0.5) is 0 Å². The maximum atomic E-state index is 12.5. The SMILES string of the molecule is O=C1CC(C(=O)N2C[C@@H]3C(NC(=O)CCc4cn[nH]c4)[C@@H]3C2)CCN1. The first-order valence-electron chi connectivity index (χ1n) is 8.94. The second-order valence-electron chi connectivity index (χ2n) is 7.31. The number of aromatic nitrogens is 2. The van der Waals surface area contributed by atoms with Gasteiger partial charge in [-0.05, 0) is 18.4 Å². The first kappa shape index (κ1) is 16.1. The van der Waals surface area contributed by atoms with E-state index < -0.39 is 0 Å². The molecule has 4 atom stereocenters. The van der Waals surface area contributed by atoms with E-state index >= 15 is 0 Å². The molecule has 0 aromatic carbocycles. The molecule has 0 spiro atoms. The lowest BCUT2D eigenvalue weighted by atomic mass is 9.96. The summed E-state index contributed by atoms with van der Waals surface area (Å²) in [5, 5.41) is 12.5. The fourth-order valence-corrected chi connectivity index (χ4v) is 4.10. The minimum atomic E-state index is -0.172. The molecule has 2 unspecified atom stereocenters. The fourth-order valence-electron chi connectivity index (χ4n) is 4.10. The lowest BCUT2D eigenvalue weighted by Crippen LogP contribution is -2.44. The van der Waals surface area contributed by atoms with Crippen LogP contribution >= 0.6 is 0 Å². The smallest absolute Gasteiger partial charge is 0.226 e. The number of piperidine rings is 2. The summed E-state index contributed by atoms with van der Waals surface area (Å²) in [7, 11) is 0. The average molecular weight is 345 g/mol. The number of H-pyrrole nitrogens is 1. The predicted octanol–water partition coefficient (Wildman–Crippen LogP) is -0.558. The van der Waals surface area contributed by atoms with Gasteiger partial charge in [-0.2, -0.15) is 5.10 Å². The number of amides is 3. The van der Waals surface area contributed by atoms with E-state index in [0.717, 1.165) is 12.0 Å². The third-order valence-electron chi connectivity index (χ3n) is 5.62. The number of fused-ring (bicyclic) bond motifs is 1. The van der Waals surface area contributed by atoms with Gasteiger partial charge < -0.3 is 15.5 Å². The van der Waals surface area contributed by atoms with Crippen LogP contribution in [0.3, 0.4) is 0 Å². The molecule has 3 heterocycles. The molecule has 25 heavy (non-hydrogen) atoms. The van der Waals surface area contributed by atoms with Gasteiger partial charge in [-0.3, -0.25) is 19.5 Å². The minimum absolute atomic E-state index is 0.0308. The Morgan fingerprint density at radius 2 is 2.12 bits per heavy atom. The number of likely N-dealkylation sites (tertiary alicyclic amines) is 1. The van der Waals surface area contributed by atoms with Crippen molar-refractivity contribution in [1.29, 1.82) is 0 Å². The largest absolute Gasteiger partial charge is 0.356 e. The summed E-state index contributed by atoms with van der Waals surface area (Å²) >= 11 is 0. The van der Waals surface area contributed by atoms with Crippen LogP contribution in [0.2, 0.25) is 0 Å². The number of aryl methyl sites for hydroxylation is 1. The van der Waals surface area contributed by atoms with Crippen molar-refractivity contribution in [3.05, 3.63) is 18.0 Å². The summed E-state index contributed by atoms with van der Waals surface area (Å²) < 4.78 is 0. The lowest BCUT2D eigenvalue weighted by molar-refractivity contribution is -0.139. The number of nitrogens with one attached hydrogen (secondary N) is 3. The fraction of sp³-hybridized carbons (Fsp3) is 0.647. The summed E-state index contributed by atoms with van der Waals surface area (Å²) in [6.07, 6.45) is 5.69. The monoisotopic (exact) mass is 345 g/mol. The Hall–Kier alpha value is -2.38. The molecule has 1 aliphatic carbocycles. The molecular formula is C17H23N5O3. The lowest BCUT2D eigenvalue weighted by Gasteiger charge is -2.27. The minimum Gasteiger partial charge on any atom is -0.356 e. The number of nitrogens with zero attached hydrogens (tertiary/aromatic N) is 2. The molecule has 3 fully saturated rings. The molecule has 1 aromatic rings. The number of aromatic amines is 1. The summed E-state index contributed by atoms with van der Waals surface area (Å²) in [5.74, 6) is 0.707. The quantitative estimate of drug-likeness (QED) is 0.665. The average Bonchev–Trinajstić information content (AvgIpc) is 3.05. The molecule has 134 valence electrons. The van der Waals surface area contributed by atoms with Crippen LogP contribution in [-0.2, 0) is 20.8 Å². The highest BCUT2D eigenvalue weighted by atomic mass is 16.2. The Bertz CT molecular complexity index is 662. The maximum Gasteiger partial charge on any atom is 0.226 e. The van der Waals surface area contributed by atoms with Crippen LogP contribution in [-0.4, -0.2) is 58.5 Å². The van der Waals surface area contributed by atoms with E-state index in [2.05, 4.69) is 20.8 Å². The van der Waals surface area contributed by atoms with E-state index in [1.54, 1.807) is 12.4 Å². The van der Waals surface area contributed by atoms with E-state index in [9.17, 15) is 14.4 Å². The first-order chi connectivity index (χ1) is 12.1. The van der Waals surface area contributed by atoms with Gasteiger partial charge in [0, 0.05) is 62.5 Å². The molecular weight excluding hydrogens is 322 g/mol. The zero-order valence-corrected chi connectivity index (χ0v) is 14.0. The molecule has 8 nitrogen and oxygen atoms in total. The molecule has 4 rings (SSSR count). The summed E-state index contributed by atoms with van der Waals surface area (Å²) in [5.41, 5.74) is 1.03. The van der Waals surface area contributed by atoms with E-state index in [-0.39, 0.29) is 29.7 Å². The van der Waals surface area contributed by atoms with Crippen molar-refractivity contribution in [1.82, 2.24) is 25.7 Å². The highest BCUT2D eigenvalue weighted by molar-refractivity contribution is 5.87. The van der Waals surface area contributed by atoms with Crippen LogP contribution in [0.1, 0.15) is 24.8 Å². The first-order valence-corrected chi connectivity index (χ1v) is 8.94. The maximum absolute atomic E-state index is 12.5. The van der Waals surface area contributed by atoms with Gasteiger partial charge in [0.1, 0.15) is 0 Å². The molecule has 3 amide bonds. The zero-order valence-electron chi connectivity index (χ0n) is 14.0. The Morgan fingerprint density at radius 1 is 1.32 bits per heavy atom. The Balaban J connectivity index is 1.20. The van der Waals surface area contributed by atoms with Gasteiger partial charge in [0.2, 0.25) is 17.7 Å². The highest BCUT2D eigenvalue weighted by Crippen LogP contribution is 2.46. The van der Waals surface area contributed by atoms with Gasteiger partial charge in [0.05, 0.1) is 6.20 Å². The van der Waals surface area contributed by atoms with Crippen molar-refractivity contribution in [2.75, 3.05) is 19.6 Å². The number of carbonyl (C=O) groups is 3. The van der Waals surface area contributed by atoms with Crippen LogP contribution in [0.25, 0.3) is 0 Å². The van der Waals surface area contributed by atoms with Gasteiger partial charge >= 0.3 is 0 Å². The molecule has 0 bridgehead atoms. The van der Waals surface area contributed by atoms with Gasteiger partial charge in [0.25, 0.3) is 0 Å². The van der Waals surface area contributed by atoms with Crippen molar-refractivity contribution in [3.8, 4) is 0 Å². The Labute approximate surface area is 145 Å². The normalized spacial score (nSPS) is 30.6. The van der Waals surface area contributed by atoms with Gasteiger partial charge in [-0.25, -0.2) is 0 Å². The molecule has 3 N–H and O–H groups in total. The number of carbonyl (C=O) groups excluding carboxylic acids is 3. The van der Waals surface area contributed by atoms with Crippen LogP contribution in [0.15, 0.2) is 12.4 Å². The second kappa shape index (κ2) is 6.50. The van der Waals surface area contributed by atoms with E-state index in [4.69, 9.17) is 0 Å². The van der Waals surface area contributed by atoms with Crippen LogP contribution in [0.5, 0.6) is 0 Å².